The third kappa shape index (κ3) is 4.78. The van der Waals surface area contributed by atoms with Gasteiger partial charge in [0.2, 0.25) is 0 Å². The van der Waals surface area contributed by atoms with Gasteiger partial charge in [-0.25, -0.2) is 0 Å². The van der Waals surface area contributed by atoms with Gasteiger partial charge in [-0.3, -0.25) is 4.79 Å². The highest BCUT2D eigenvalue weighted by atomic mass is 16.5. The van der Waals surface area contributed by atoms with Crippen molar-refractivity contribution in [3.63, 3.8) is 0 Å². The van der Waals surface area contributed by atoms with Gasteiger partial charge in [-0.2, -0.15) is 15.0 Å². The highest BCUT2D eigenvalue weighted by Gasteiger charge is 2.21. The molecule has 0 fully saturated rings. The van der Waals surface area contributed by atoms with Crippen LogP contribution in [0.5, 0.6) is 5.75 Å². The van der Waals surface area contributed by atoms with E-state index in [0.717, 1.165) is 22.6 Å². The number of Topliss-reactive ketones (excluding diaryl/α,β-unsaturated/α-hetero) is 1. The highest BCUT2D eigenvalue weighted by Crippen LogP contribution is 2.26. The zero-order chi connectivity index (χ0) is 22.5. The Kier molecular flexibility index (Phi) is 6.45. The number of aromatic nitrogens is 3. The Bertz CT molecular complexity index is 1160. The van der Waals surface area contributed by atoms with Crippen LogP contribution in [-0.4, -0.2) is 27.9 Å². The van der Waals surface area contributed by atoms with E-state index in [0.29, 0.717) is 11.5 Å². The second kappa shape index (κ2) is 9.60. The van der Waals surface area contributed by atoms with Crippen LogP contribution < -0.4 is 4.74 Å². The van der Waals surface area contributed by atoms with Gasteiger partial charge >= 0.3 is 0 Å². The summed E-state index contributed by atoms with van der Waals surface area (Å²) in [6, 6.07) is 25.2. The van der Waals surface area contributed by atoms with E-state index in [9.17, 15) is 4.79 Å². The zero-order valence-corrected chi connectivity index (χ0v) is 18.6. The number of hydrogen-bond acceptors (Lipinski definition) is 4. The molecule has 0 aliphatic carbocycles. The summed E-state index contributed by atoms with van der Waals surface area (Å²) < 4.78 is 5.20. The van der Waals surface area contributed by atoms with E-state index in [4.69, 9.17) is 9.84 Å². The largest absolute Gasteiger partial charge is 0.497 e. The van der Waals surface area contributed by atoms with E-state index in [1.807, 2.05) is 30.3 Å². The fraction of sp³-hybridized carbons (Fsp3) is 0.222. The second-order valence-electron chi connectivity index (χ2n) is 8.11. The molecule has 0 bridgehead atoms. The van der Waals surface area contributed by atoms with Gasteiger partial charge in [0.15, 0.2) is 5.78 Å². The summed E-state index contributed by atoms with van der Waals surface area (Å²) >= 11 is 0. The molecule has 1 unspecified atom stereocenters. The molecule has 0 saturated carbocycles. The first-order valence-corrected chi connectivity index (χ1v) is 10.8. The van der Waals surface area contributed by atoms with Crippen molar-refractivity contribution in [2.24, 2.45) is 0 Å². The lowest BCUT2D eigenvalue weighted by molar-refractivity contribution is 0.0964. The van der Waals surface area contributed by atoms with E-state index in [1.165, 1.54) is 5.56 Å². The van der Waals surface area contributed by atoms with Gasteiger partial charge in [-0.05, 0) is 41.3 Å². The topological polar surface area (TPSA) is 57.0 Å². The smallest absolute Gasteiger partial charge is 0.165 e. The van der Waals surface area contributed by atoms with Crippen LogP contribution in [0.1, 0.15) is 53.7 Å². The second-order valence-corrected chi connectivity index (χ2v) is 8.11. The Morgan fingerprint density at radius 3 is 2.22 bits per heavy atom. The SMILES string of the molecule is COc1ccc(C(=O)CC(c2ccccc2)n2ncc(-c3ccc(C(C)C)cc3)n2)cc1. The first-order valence-electron chi connectivity index (χ1n) is 10.8. The first-order chi connectivity index (χ1) is 15.5. The molecule has 1 atom stereocenters. The van der Waals surface area contributed by atoms with Gasteiger partial charge < -0.3 is 4.74 Å². The molecular formula is C27H27N3O2. The van der Waals surface area contributed by atoms with Crippen molar-refractivity contribution < 1.29 is 9.53 Å². The minimum Gasteiger partial charge on any atom is -0.497 e. The molecule has 0 radical (unpaired) electrons. The molecule has 0 saturated heterocycles. The normalized spacial score (nSPS) is 12.0. The maximum Gasteiger partial charge on any atom is 0.165 e. The van der Waals surface area contributed by atoms with Crippen LogP contribution in [-0.2, 0) is 0 Å². The Morgan fingerprint density at radius 1 is 0.906 bits per heavy atom. The van der Waals surface area contributed by atoms with Gasteiger partial charge in [0, 0.05) is 17.5 Å². The van der Waals surface area contributed by atoms with E-state index in [1.54, 1.807) is 42.4 Å². The number of ketones is 1. The highest BCUT2D eigenvalue weighted by molar-refractivity contribution is 5.96. The van der Waals surface area contributed by atoms with Gasteiger partial charge in [-0.1, -0.05) is 68.4 Å². The van der Waals surface area contributed by atoms with Crippen molar-refractivity contribution in [3.8, 4) is 17.0 Å². The maximum atomic E-state index is 13.1. The van der Waals surface area contributed by atoms with Crippen LogP contribution in [0.4, 0.5) is 0 Å². The predicted octanol–water partition coefficient (Wildman–Crippen LogP) is 5.94. The maximum absolute atomic E-state index is 13.1. The van der Waals surface area contributed by atoms with Gasteiger partial charge in [-0.15, -0.1) is 0 Å². The molecule has 0 amide bonds. The summed E-state index contributed by atoms with van der Waals surface area (Å²) in [6.45, 7) is 4.35. The molecule has 0 aliphatic rings. The molecule has 4 rings (SSSR count). The molecule has 162 valence electrons. The number of rotatable bonds is 8. The molecule has 4 aromatic rings. The number of ether oxygens (including phenoxy) is 1. The molecule has 0 aliphatic heterocycles. The van der Waals surface area contributed by atoms with Crippen LogP contribution in [0.15, 0.2) is 85.1 Å². The van der Waals surface area contributed by atoms with Crippen molar-refractivity contribution in [3.05, 3.63) is 102 Å². The summed E-state index contributed by atoms with van der Waals surface area (Å²) in [6.07, 6.45) is 2.02. The van der Waals surface area contributed by atoms with Crippen LogP contribution in [0.3, 0.4) is 0 Å². The molecular weight excluding hydrogens is 398 g/mol. The van der Waals surface area contributed by atoms with Crippen molar-refractivity contribution in [2.75, 3.05) is 7.11 Å². The number of benzene rings is 3. The summed E-state index contributed by atoms with van der Waals surface area (Å²) in [5, 5.41) is 9.27. The monoisotopic (exact) mass is 425 g/mol. The van der Waals surface area contributed by atoms with Gasteiger partial charge in [0.1, 0.15) is 17.5 Å². The molecule has 32 heavy (non-hydrogen) atoms. The van der Waals surface area contributed by atoms with Gasteiger partial charge in [0.05, 0.1) is 13.3 Å². The van der Waals surface area contributed by atoms with E-state index in [-0.39, 0.29) is 18.2 Å². The summed E-state index contributed by atoms with van der Waals surface area (Å²) in [5.41, 5.74) is 4.72. The number of hydrogen-bond donors (Lipinski definition) is 0. The fourth-order valence-electron chi connectivity index (χ4n) is 3.68. The fourth-order valence-corrected chi connectivity index (χ4v) is 3.68. The standard InChI is InChI=1S/C27H27N3O2/c1-19(2)20-9-11-21(12-10-20)25-18-28-30(29-25)26(22-7-5-4-6-8-22)17-27(31)23-13-15-24(32-3)16-14-23/h4-16,18-19,26H,17H2,1-3H3. The Balaban J connectivity index is 1.62. The predicted molar refractivity (Wildman–Crippen MR) is 126 cm³/mol. The first kappa shape index (κ1) is 21.5. The van der Waals surface area contributed by atoms with Crippen molar-refractivity contribution in [1.82, 2.24) is 15.0 Å². The van der Waals surface area contributed by atoms with Crippen LogP contribution in [0, 0.1) is 0 Å². The molecule has 5 nitrogen and oxygen atoms in total. The lowest BCUT2D eigenvalue weighted by Gasteiger charge is -2.16. The lowest BCUT2D eigenvalue weighted by Crippen LogP contribution is -2.18. The molecule has 3 aromatic carbocycles. The average Bonchev–Trinajstić information content (AvgIpc) is 3.33. The quantitative estimate of drug-likeness (QED) is 0.328. The number of methoxy groups -OCH3 is 1. The third-order valence-corrected chi connectivity index (χ3v) is 5.64. The molecule has 0 spiro atoms. The van der Waals surface area contributed by atoms with Crippen molar-refractivity contribution >= 4 is 5.78 Å². The van der Waals surface area contributed by atoms with E-state index >= 15 is 0 Å². The van der Waals surface area contributed by atoms with Crippen molar-refractivity contribution in [2.45, 2.75) is 32.2 Å². The Labute approximate surface area is 188 Å². The number of carbonyl (C=O) groups is 1. The molecule has 1 aromatic heterocycles. The summed E-state index contributed by atoms with van der Waals surface area (Å²) in [5.74, 6) is 1.23. The van der Waals surface area contributed by atoms with Crippen LogP contribution in [0.25, 0.3) is 11.3 Å². The average molecular weight is 426 g/mol. The van der Waals surface area contributed by atoms with E-state index in [2.05, 4.69) is 43.2 Å². The minimum atomic E-state index is -0.297. The third-order valence-electron chi connectivity index (χ3n) is 5.64. The Morgan fingerprint density at radius 2 is 1.59 bits per heavy atom. The molecule has 5 heteroatoms. The lowest BCUT2D eigenvalue weighted by atomic mass is 9.98. The van der Waals surface area contributed by atoms with Gasteiger partial charge in [0.25, 0.3) is 0 Å². The minimum absolute atomic E-state index is 0.0293. The molecule has 0 N–H and O–H groups in total. The molecule has 1 heterocycles. The number of nitrogens with zero attached hydrogens (tertiary/aromatic N) is 3. The van der Waals surface area contributed by atoms with Crippen LogP contribution in [0.2, 0.25) is 0 Å². The zero-order valence-electron chi connectivity index (χ0n) is 18.6. The Hall–Kier alpha value is -3.73. The number of carbonyl (C=O) groups excluding carboxylic acids is 1. The van der Waals surface area contributed by atoms with E-state index < -0.39 is 0 Å². The summed E-state index contributed by atoms with van der Waals surface area (Å²) in [4.78, 5) is 14.7. The van der Waals surface area contributed by atoms with Crippen molar-refractivity contribution in [1.29, 1.82) is 0 Å². The summed E-state index contributed by atoms with van der Waals surface area (Å²) in [7, 11) is 1.61. The van der Waals surface area contributed by atoms with Crippen LogP contribution >= 0.6 is 0 Å².